The largest absolute Gasteiger partial charge is 0.465 e. The highest BCUT2D eigenvalue weighted by molar-refractivity contribution is 5.19. The van der Waals surface area contributed by atoms with E-state index in [-0.39, 0.29) is 0 Å². The van der Waals surface area contributed by atoms with Gasteiger partial charge in [0.05, 0.1) is 39.6 Å². The van der Waals surface area contributed by atoms with Gasteiger partial charge in [-0.25, -0.2) is 0 Å². The van der Waals surface area contributed by atoms with Crippen LogP contribution >= 0.6 is 0 Å². The molecule has 0 radical (unpaired) electrons. The van der Waals surface area contributed by atoms with Crippen molar-refractivity contribution in [1.29, 1.82) is 0 Å². The van der Waals surface area contributed by atoms with Crippen molar-refractivity contribution in [3.8, 4) is 0 Å². The maximum Gasteiger partial charge on any atom is 0.118 e. The highest BCUT2D eigenvalue weighted by Crippen LogP contribution is 2.15. The van der Waals surface area contributed by atoms with E-state index in [1.54, 1.807) is 7.11 Å². The molecule has 0 spiro atoms. The summed E-state index contributed by atoms with van der Waals surface area (Å²) in [6.45, 7) is 5.64. The monoisotopic (exact) mass is 257 g/mol. The van der Waals surface area contributed by atoms with Gasteiger partial charge >= 0.3 is 0 Å². The molecule has 0 aromatic carbocycles. The summed E-state index contributed by atoms with van der Waals surface area (Å²) in [6, 6.07) is 2.03. The molecule has 1 rings (SSSR count). The molecule has 0 fully saturated rings. The smallest absolute Gasteiger partial charge is 0.118 e. The molecule has 0 saturated heterocycles. The Balaban J connectivity index is 2.14. The van der Waals surface area contributed by atoms with Crippen molar-refractivity contribution in [1.82, 2.24) is 5.32 Å². The second-order valence-electron chi connectivity index (χ2n) is 3.98. The number of hydrogen-bond acceptors (Lipinski definition) is 5. The van der Waals surface area contributed by atoms with Crippen LogP contribution in [0.3, 0.4) is 0 Å². The second kappa shape index (κ2) is 9.10. The number of methoxy groups -OCH3 is 1. The standard InChI is InChI=1S/C13H23NO4/c1-11-12(8-13(18-11)9-14-2)10-17-7-6-16-5-4-15-3/h8,14H,4-7,9-10H2,1-3H3. The molecule has 18 heavy (non-hydrogen) atoms. The zero-order valence-corrected chi connectivity index (χ0v) is 11.5. The van der Waals surface area contributed by atoms with Gasteiger partial charge in [-0.2, -0.15) is 0 Å². The third-order valence-corrected chi connectivity index (χ3v) is 2.48. The van der Waals surface area contributed by atoms with Crippen molar-refractivity contribution in [2.75, 3.05) is 40.6 Å². The lowest BCUT2D eigenvalue weighted by molar-refractivity contribution is 0.0197. The minimum absolute atomic E-state index is 0.562. The Hall–Kier alpha value is -0.880. The first-order valence-corrected chi connectivity index (χ1v) is 6.15. The van der Waals surface area contributed by atoms with Gasteiger partial charge in [-0.1, -0.05) is 0 Å². The van der Waals surface area contributed by atoms with Crippen LogP contribution in [-0.2, 0) is 27.4 Å². The third-order valence-electron chi connectivity index (χ3n) is 2.48. The summed E-state index contributed by atoms with van der Waals surface area (Å²) in [4.78, 5) is 0. The van der Waals surface area contributed by atoms with Crippen molar-refractivity contribution in [2.24, 2.45) is 0 Å². The Morgan fingerprint density at radius 1 is 1.17 bits per heavy atom. The van der Waals surface area contributed by atoms with E-state index in [9.17, 15) is 0 Å². The Bertz CT molecular complexity index is 325. The van der Waals surface area contributed by atoms with E-state index in [0.717, 1.165) is 23.6 Å². The minimum atomic E-state index is 0.562. The first kappa shape index (κ1) is 15.2. The van der Waals surface area contributed by atoms with E-state index < -0.39 is 0 Å². The second-order valence-corrected chi connectivity index (χ2v) is 3.98. The average Bonchev–Trinajstić information content (AvgIpc) is 2.69. The van der Waals surface area contributed by atoms with Crippen molar-refractivity contribution in [2.45, 2.75) is 20.1 Å². The van der Waals surface area contributed by atoms with Gasteiger partial charge in [-0.15, -0.1) is 0 Å². The molecule has 1 N–H and O–H groups in total. The summed E-state index contributed by atoms with van der Waals surface area (Å²) in [6.07, 6.45) is 0. The van der Waals surface area contributed by atoms with Gasteiger partial charge in [0.25, 0.3) is 0 Å². The molecular formula is C13H23NO4. The van der Waals surface area contributed by atoms with Gasteiger partial charge in [0, 0.05) is 12.7 Å². The topological polar surface area (TPSA) is 52.9 Å². The lowest BCUT2D eigenvalue weighted by atomic mass is 10.2. The first-order chi connectivity index (χ1) is 8.77. The quantitative estimate of drug-likeness (QED) is 0.644. The number of hydrogen-bond donors (Lipinski definition) is 1. The van der Waals surface area contributed by atoms with Gasteiger partial charge in [0.15, 0.2) is 0 Å². The molecular weight excluding hydrogens is 234 g/mol. The maximum absolute atomic E-state index is 5.57. The van der Waals surface area contributed by atoms with E-state index in [1.807, 2.05) is 20.0 Å². The molecule has 0 aliphatic rings. The molecule has 0 saturated carbocycles. The van der Waals surface area contributed by atoms with Crippen LogP contribution in [-0.4, -0.2) is 40.6 Å². The molecule has 0 amide bonds. The zero-order valence-electron chi connectivity index (χ0n) is 11.5. The Morgan fingerprint density at radius 2 is 1.89 bits per heavy atom. The molecule has 5 nitrogen and oxygen atoms in total. The minimum Gasteiger partial charge on any atom is -0.465 e. The summed E-state index contributed by atoms with van der Waals surface area (Å²) in [5.41, 5.74) is 1.09. The number of ether oxygens (including phenoxy) is 3. The average molecular weight is 257 g/mol. The molecule has 0 unspecified atom stereocenters. The van der Waals surface area contributed by atoms with E-state index in [0.29, 0.717) is 33.0 Å². The number of rotatable bonds is 10. The number of furan rings is 1. The molecule has 0 aliphatic carbocycles. The fraction of sp³-hybridized carbons (Fsp3) is 0.692. The predicted molar refractivity (Wildman–Crippen MR) is 68.6 cm³/mol. The summed E-state index contributed by atoms with van der Waals surface area (Å²) in [5, 5.41) is 3.05. The molecule has 5 heteroatoms. The molecule has 0 bridgehead atoms. The van der Waals surface area contributed by atoms with Crippen LogP contribution in [0, 0.1) is 6.92 Å². The van der Waals surface area contributed by atoms with Crippen LogP contribution in [0.1, 0.15) is 17.1 Å². The molecule has 0 atom stereocenters. The Labute approximate surface area is 108 Å². The van der Waals surface area contributed by atoms with Crippen LogP contribution in [0.5, 0.6) is 0 Å². The summed E-state index contributed by atoms with van der Waals surface area (Å²) < 4.78 is 21.3. The lowest BCUT2D eigenvalue weighted by Gasteiger charge is -2.04. The summed E-state index contributed by atoms with van der Waals surface area (Å²) in [5.74, 6) is 1.85. The Kier molecular flexibility index (Phi) is 7.68. The van der Waals surface area contributed by atoms with E-state index in [2.05, 4.69) is 5.32 Å². The summed E-state index contributed by atoms with van der Waals surface area (Å²) in [7, 11) is 3.55. The lowest BCUT2D eigenvalue weighted by Crippen LogP contribution is -2.08. The molecule has 1 heterocycles. The number of aryl methyl sites for hydroxylation is 1. The highest BCUT2D eigenvalue weighted by atomic mass is 16.5. The third kappa shape index (κ3) is 5.64. The van der Waals surface area contributed by atoms with Gasteiger partial charge in [0.1, 0.15) is 11.5 Å². The SMILES string of the molecule is CNCc1cc(COCCOCCOC)c(C)o1. The van der Waals surface area contributed by atoms with Gasteiger partial charge in [-0.3, -0.25) is 0 Å². The molecule has 1 aromatic rings. The van der Waals surface area contributed by atoms with Gasteiger partial charge in [0.2, 0.25) is 0 Å². The van der Waals surface area contributed by atoms with E-state index >= 15 is 0 Å². The maximum atomic E-state index is 5.57. The van der Waals surface area contributed by atoms with Crippen molar-refractivity contribution >= 4 is 0 Å². The van der Waals surface area contributed by atoms with E-state index in [1.165, 1.54) is 0 Å². The molecule has 1 aromatic heterocycles. The summed E-state index contributed by atoms with van der Waals surface area (Å²) >= 11 is 0. The predicted octanol–water partition coefficient (Wildman–Crippen LogP) is 1.49. The van der Waals surface area contributed by atoms with Crippen molar-refractivity contribution in [3.05, 3.63) is 23.2 Å². The fourth-order valence-electron chi connectivity index (χ4n) is 1.54. The van der Waals surface area contributed by atoms with Crippen LogP contribution in [0.15, 0.2) is 10.5 Å². The zero-order chi connectivity index (χ0) is 13.2. The van der Waals surface area contributed by atoms with Crippen LogP contribution in [0.4, 0.5) is 0 Å². The van der Waals surface area contributed by atoms with Gasteiger partial charge < -0.3 is 23.9 Å². The van der Waals surface area contributed by atoms with Crippen molar-refractivity contribution < 1.29 is 18.6 Å². The van der Waals surface area contributed by atoms with Crippen LogP contribution in [0.2, 0.25) is 0 Å². The van der Waals surface area contributed by atoms with Gasteiger partial charge in [-0.05, 0) is 20.0 Å². The van der Waals surface area contributed by atoms with Crippen LogP contribution < -0.4 is 5.32 Å². The normalized spacial score (nSPS) is 11.1. The van der Waals surface area contributed by atoms with E-state index in [4.69, 9.17) is 18.6 Å². The highest BCUT2D eigenvalue weighted by Gasteiger charge is 2.06. The first-order valence-electron chi connectivity index (χ1n) is 6.15. The van der Waals surface area contributed by atoms with Crippen molar-refractivity contribution in [3.63, 3.8) is 0 Å². The fourth-order valence-corrected chi connectivity index (χ4v) is 1.54. The number of nitrogens with one attached hydrogen (secondary N) is 1. The molecule has 104 valence electrons. The van der Waals surface area contributed by atoms with Crippen LogP contribution in [0.25, 0.3) is 0 Å². The molecule has 0 aliphatic heterocycles. The Morgan fingerprint density at radius 3 is 2.61 bits per heavy atom.